The van der Waals surface area contributed by atoms with Gasteiger partial charge >= 0.3 is 0 Å². The minimum absolute atomic E-state index is 0.287. The number of aryl methyl sites for hydroxylation is 2. The molecule has 0 saturated carbocycles. The molecule has 0 aliphatic carbocycles. The molecule has 0 spiro atoms. The van der Waals surface area contributed by atoms with Crippen molar-refractivity contribution in [3.63, 3.8) is 0 Å². The summed E-state index contributed by atoms with van der Waals surface area (Å²) in [6, 6.07) is 4.60. The lowest BCUT2D eigenvalue weighted by molar-refractivity contribution is 0.628. The van der Waals surface area contributed by atoms with Crippen LogP contribution in [0.1, 0.15) is 5.56 Å². The normalized spacial score (nSPS) is 10.9. The van der Waals surface area contributed by atoms with Crippen LogP contribution in [-0.4, -0.2) is 19.7 Å². The fourth-order valence-corrected chi connectivity index (χ4v) is 1.92. The van der Waals surface area contributed by atoms with Crippen LogP contribution in [0.4, 0.5) is 15.9 Å². The molecule has 1 aromatic carbocycles. The smallest absolute Gasteiger partial charge is 0.163 e. The average molecular weight is 257 g/mol. The van der Waals surface area contributed by atoms with Crippen LogP contribution < -0.4 is 5.32 Å². The zero-order valence-electron chi connectivity index (χ0n) is 10.6. The van der Waals surface area contributed by atoms with E-state index in [1.807, 2.05) is 14.0 Å². The van der Waals surface area contributed by atoms with Crippen molar-refractivity contribution in [1.82, 2.24) is 19.7 Å². The Kier molecular flexibility index (Phi) is 2.63. The molecule has 0 aliphatic rings. The third-order valence-electron chi connectivity index (χ3n) is 2.98. The van der Waals surface area contributed by atoms with Crippen molar-refractivity contribution in [3.8, 4) is 0 Å². The predicted octanol–water partition coefficient (Wildman–Crippen LogP) is 2.55. The fraction of sp³-hybridized carbons (Fsp3) is 0.154. The maximum atomic E-state index is 13.3. The van der Waals surface area contributed by atoms with Gasteiger partial charge in [0, 0.05) is 12.7 Å². The summed E-state index contributed by atoms with van der Waals surface area (Å²) in [4.78, 5) is 8.35. The van der Waals surface area contributed by atoms with Crippen molar-refractivity contribution < 1.29 is 4.39 Å². The van der Waals surface area contributed by atoms with Gasteiger partial charge in [-0.2, -0.15) is 5.10 Å². The van der Waals surface area contributed by atoms with E-state index in [1.54, 1.807) is 16.9 Å². The zero-order valence-corrected chi connectivity index (χ0v) is 10.6. The van der Waals surface area contributed by atoms with Crippen molar-refractivity contribution in [2.45, 2.75) is 6.92 Å². The van der Waals surface area contributed by atoms with Gasteiger partial charge in [0.05, 0.1) is 11.6 Å². The van der Waals surface area contributed by atoms with E-state index in [0.717, 1.165) is 16.6 Å². The van der Waals surface area contributed by atoms with Crippen LogP contribution in [0, 0.1) is 12.7 Å². The summed E-state index contributed by atoms with van der Waals surface area (Å²) < 4.78 is 14.9. The zero-order chi connectivity index (χ0) is 13.4. The highest BCUT2D eigenvalue weighted by Crippen LogP contribution is 2.24. The summed E-state index contributed by atoms with van der Waals surface area (Å²) in [6.45, 7) is 1.91. The summed E-state index contributed by atoms with van der Waals surface area (Å²) >= 11 is 0. The lowest BCUT2D eigenvalue weighted by Gasteiger charge is -2.09. The van der Waals surface area contributed by atoms with Gasteiger partial charge in [0.25, 0.3) is 0 Å². The molecule has 2 aromatic heterocycles. The highest BCUT2D eigenvalue weighted by molar-refractivity contribution is 5.88. The quantitative estimate of drug-likeness (QED) is 0.766. The van der Waals surface area contributed by atoms with Gasteiger partial charge in [-0.3, -0.25) is 4.68 Å². The highest BCUT2D eigenvalue weighted by Gasteiger charge is 2.09. The molecule has 2 heterocycles. The first-order valence-corrected chi connectivity index (χ1v) is 5.81. The molecule has 0 bridgehead atoms. The van der Waals surface area contributed by atoms with Gasteiger partial charge in [0.1, 0.15) is 18.0 Å². The van der Waals surface area contributed by atoms with E-state index >= 15 is 0 Å². The van der Waals surface area contributed by atoms with Gasteiger partial charge < -0.3 is 5.32 Å². The van der Waals surface area contributed by atoms with E-state index in [2.05, 4.69) is 20.4 Å². The van der Waals surface area contributed by atoms with Gasteiger partial charge in [0.15, 0.2) is 5.65 Å². The Morgan fingerprint density at radius 1 is 1.26 bits per heavy atom. The second-order valence-electron chi connectivity index (χ2n) is 4.31. The minimum Gasteiger partial charge on any atom is -0.339 e. The Morgan fingerprint density at radius 2 is 2.11 bits per heavy atom. The van der Waals surface area contributed by atoms with Crippen molar-refractivity contribution in [2.24, 2.45) is 7.05 Å². The number of anilines is 2. The average Bonchev–Trinajstić information content (AvgIpc) is 2.77. The van der Waals surface area contributed by atoms with E-state index in [0.29, 0.717) is 11.5 Å². The van der Waals surface area contributed by atoms with Crippen LogP contribution in [0.2, 0.25) is 0 Å². The van der Waals surface area contributed by atoms with Crippen LogP contribution in [0.3, 0.4) is 0 Å². The largest absolute Gasteiger partial charge is 0.339 e. The summed E-state index contributed by atoms with van der Waals surface area (Å²) in [7, 11) is 1.81. The van der Waals surface area contributed by atoms with Crippen molar-refractivity contribution in [2.75, 3.05) is 5.32 Å². The van der Waals surface area contributed by atoms with E-state index < -0.39 is 0 Å². The second-order valence-corrected chi connectivity index (χ2v) is 4.31. The number of hydrogen-bond acceptors (Lipinski definition) is 4. The Bertz CT molecular complexity index is 750. The number of nitrogens with zero attached hydrogens (tertiary/aromatic N) is 4. The first-order chi connectivity index (χ1) is 9.15. The van der Waals surface area contributed by atoms with Gasteiger partial charge in [-0.25, -0.2) is 14.4 Å². The molecule has 3 rings (SSSR count). The highest BCUT2D eigenvalue weighted by atomic mass is 19.1. The fourth-order valence-electron chi connectivity index (χ4n) is 1.92. The molecule has 0 saturated heterocycles. The van der Waals surface area contributed by atoms with Crippen LogP contribution in [0.5, 0.6) is 0 Å². The molecule has 0 atom stereocenters. The minimum atomic E-state index is -0.287. The van der Waals surface area contributed by atoms with Gasteiger partial charge in [-0.05, 0) is 24.6 Å². The van der Waals surface area contributed by atoms with Crippen molar-refractivity contribution in [3.05, 3.63) is 42.1 Å². The van der Waals surface area contributed by atoms with Crippen LogP contribution in [0.25, 0.3) is 11.0 Å². The standard InChI is InChI=1S/C13H12FN5/c1-8-3-4-9(14)5-11(8)18-12-10-6-17-19(2)13(10)16-7-15-12/h3-7H,1-2H3,(H,15,16,18). The molecule has 3 aromatic rings. The van der Waals surface area contributed by atoms with E-state index in [-0.39, 0.29) is 5.82 Å². The summed E-state index contributed by atoms with van der Waals surface area (Å²) in [5, 5.41) is 8.06. The Labute approximate surface area is 109 Å². The van der Waals surface area contributed by atoms with Gasteiger partial charge in [-0.1, -0.05) is 6.07 Å². The van der Waals surface area contributed by atoms with E-state index in [4.69, 9.17) is 0 Å². The number of fused-ring (bicyclic) bond motifs is 1. The number of halogens is 1. The van der Waals surface area contributed by atoms with E-state index in [1.165, 1.54) is 18.5 Å². The second kappa shape index (κ2) is 4.31. The Morgan fingerprint density at radius 3 is 2.95 bits per heavy atom. The van der Waals surface area contributed by atoms with Gasteiger partial charge in [0.2, 0.25) is 0 Å². The molecule has 19 heavy (non-hydrogen) atoms. The van der Waals surface area contributed by atoms with Crippen molar-refractivity contribution >= 4 is 22.5 Å². The molecular weight excluding hydrogens is 245 g/mol. The lowest BCUT2D eigenvalue weighted by Crippen LogP contribution is -1.99. The van der Waals surface area contributed by atoms with Gasteiger partial charge in [-0.15, -0.1) is 0 Å². The molecule has 5 nitrogen and oxygen atoms in total. The molecule has 0 radical (unpaired) electrons. The summed E-state index contributed by atoms with van der Waals surface area (Å²) in [5.41, 5.74) is 2.35. The number of nitrogens with one attached hydrogen (secondary N) is 1. The third kappa shape index (κ3) is 2.01. The molecule has 0 unspecified atom stereocenters. The predicted molar refractivity (Wildman–Crippen MR) is 70.7 cm³/mol. The lowest BCUT2D eigenvalue weighted by atomic mass is 10.2. The number of rotatable bonds is 2. The Balaban J connectivity index is 2.08. The molecule has 96 valence electrons. The van der Waals surface area contributed by atoms with Crippen molar-refractivity contribution in [1.29, 1.82) is 0 Å². The molecule has 0 aliphatic heterocycles. The third-order valence-corrected chi connectivity index (χ3v) is 2.98. The summed E-state index contributed by atoms with van der Waals surface area (Å²) in [6.07, 6.45) is 3.15. The first kappa shape index (κ1) is 11.6. The maximum Gasteiger partial charge on any atom is 0.163 e. The topological polar surface area (TPSA) is 55.6 Å². The summed E-state index contributed by atoms with van der Waals surface area (Å²) in [5.74, 6) is 0.330. The Hall–Kier alpha value is -2.50. The van der Waals surface area contributed by atoms with Crippen LogP contribution in [0.15, 0.2) is 30.7 Å². The SMILES string of the molecule is Cc1ccc(F)cc1Nc1ncnc2c1cnn2C. The van der Waals surface area contributed by atoms with Crippen LogP contribution in [-0.2, 0) is 7.05 Å². The number of aromatic nitrogens is 4. The first-order valence-electron chi connectivity index (χ1n) is 5.81. The van der Waals surface area contributed by atoms with Crippen LogP contribution >= 0.6 is 0 Å². The molecular formula is C13H12FN5. The van der Waals surface area contributed by atoms with E-state index in [9.17, 15) is 4.39 Å². The maximum absolute atomic E-state index is 13.3. The molecule has 0 fully saturated rings. The monoisotopic (exact) mass is 257 g/mol. The molecule has 6 heteroatoms. The molecule has 0 amide bonds. The number of hydrogen-bond donors (Lipinski definition) is 1. The number of benzene rings is 1. The molecule has 1 N–H and O–H groups in total.